The second kappa shape index (κ2) is 6.54. The fourth-order valence-electron chi connectivity index (χ4n) is 2.25. The van der Waals surface area contributed by atoms with Crippen LogP contribution in [0.25, 0.3) is 0 Å². The summed E-state index contributed by atoms with van der Waals surface area (Å²) in [6.07, 6.45) is 3.64. The molecule has 1 unspecified atom stereocenters. The van der Waals surface area contributed by atoms with E-state index in [0.717, 1.165) is 24.5 Å². The van der Waals surface area contributed by atoms with E-state index in [0.29, 0.717) is 12.1 Å². The van der Waals surface area contributed by atoms with Gasteiger partial charge in [-0.1, -0.05) is 6.07 Å². The first-order valence-electron chi connectivity index (χ1n) is 7.53. The zero-order valence-corrected chi connectivity index (χ0v) is 13.4. The number of hydrogen-bond acceptors (Lipinski definition) is 5. The molecule has 2 heterocycles. The highest BCUT2D eigenvalue weighted by atomic mass is 32.1. The number of aromatic nitrogens is 2. The largest absolute Gasteiger partial charge is 0.355 e. The quantitative estimate of drug-likeness (QED) is 0.854. The van der Waals surface area contributed by atoms with E-state index in [1.807, 2.05) is 11.3 Å². The van der Waals surface area contributed by atoms with Crippen LogP contribution < -0.4 is 10.2 Å². The highest BCUT2D eigenvalue weighted by Crippen LogP contribution is 2.20. The number of anilines is 1. The molecule has 1 aliphatic carbocycles. The van der Waals surface area contributed by atoms with Crippen LogP contribution in [0.5, 0.6) is 0 Å². The van der Waals surface area contributed by atoms with Gasteiger partial charge >= 0.3 is 0 Å². The van der Waals surface area contributed by atoms with Crippen LogP contribution in [0.4, 0.5) is 5.82 Å². The molecule has 0 bridgehead atoms. The molecule has 3 rings (SSSR count). The van der Waals surface area contributed by atoms with Crippen LogP contribution in [0.2, 0.25) is 0 Å². The standard InChI is InChI=1S/C16H22N4S/c1-12(10-15-4-3-9-21-15)20(2)16-8-7-14(18-19-16)11-17-13-5-6-13/h3-4,7-9,12-13,17H,5-6,10-11H2,1-2H3. The van der Waals surface area contributed by atoms with Crippen LogP contribution in [0, 0.1) is 0 Å². The average Bonchev–Trinajstić information content (AvgIpc) is 3.20. The fourth-order valence-corrected chi connectivity index (χ4v) is 3.08. The predicted molar refractivity (Wildman–Crippen MR) is 87.8 cm³/mol. The summed E-state index contributed by atoms with van der Waals surface area (Å²) in [7, 11) is 2.09. The van der Waals surface area contributed by atoms with Gasteiger partial charge in [0.15, 0.2) is 5.82 Å². The summed E-state index contributed by atoms with van der Waals surface area (Å²) in [6, 6.07) is 9.56. The Hall–Kier alpha value is -1.46. The summed E-state index contributed by atoms with van der Waals surface area (Å²) < 4.78 is 0. The SMILES string of the molecule is CC(Cc1cccs1)N(C)c1ccc(CNC2CC2)nn1. The molecule has 2 aromatic rings. The van der Waals surface area contributed by atoms with Gasteiger partial charge in [-0.15, -0.1) is 16.4 Å². The molecule has 0 saturated heterocycles. The zero-order chi connectivity index (χ0) is 14.7. The van der Waals surface area contributed by atoms with Gasteiger partial charge < -0.3 is 10.2 Å². The van der Waals surface area contributed by atoms with Crippen LogP contribution in [-0.2, 0) is 13.0 Å². The molecule has 0 amide bonds. The number of hydrogen-bond donors (Lipinski definition) is 1. The van der Waals surface area contributed by atoms with Crippen LogP contribution in [0.15, 0.2) is 29.6 Å². The van der Waals surface area contributed by atoms with E-state index in [9.17, 15) is 0 Å². The van der Waals surface area contributed by atoms with E-state index in [1.54, 1.807) is 0 Å². The summed E-state index contributed by atoms with van der Waals surface area (Å²) >= 11 is 1.81. The summed E-state index contributed by atoms with van der Waals surface area (Å²) in [5.74, 6) is 0.939. The van der Waals surface area contributed by atoms with Gasteiger partial charge in [0.05, 0.1) is 5.69 Å². The van der Waals surface area contributed by atoms with Gasteiger partial charge in [-0.3, -0.25) is 0 Å². The minimum absolute atomic E-state index is 0.411. The summed E-state index contributed by atoms with van der Waals surface area (Å²) in [6.45, 7) is 3.05. The van der Waals surface area contributed by atoms with Crippen molar-refractivity contribution in [3.8, 4) is 0 Å². The lowest BCUT2D eigenvalue weighted by Gasteiger charge is -2.25. The molecule has 4 nitrogen and oxygen atoms in total. The smallest absolute Gasteiger partial charge is 0.151 e. The van der Waals surface area contributed by atoms with Crippen LogP contribution in [0.3, 0.4) is 0 Å². The molecule has 21 heavy (non-hydrogen) atoms. The third-order valence-corrected chi connectivity index (χ3v) is 4.85. The van der Waals surface area contributed by atoms with Gasteiger partial charge in [0.2, 0.25) is 0 Å². The lowest BCUT2D eigenvalue weighted by molar-refractivity contribution is 0.652. The van der Waals surface area contributed by atoms with Crippen molar-refractivity contribution < 1.29 is 0 Å². The van der Waals surface area contributed by atoms with Gasteiger partial charge in [0, 0.05) is 37.0 Å². The maximum Gasteiger partial charge on any atom is 0.151 e. The van der Waals surface area contributed by atoms with Crippen molar-refractivity contribution in [1.29, 1.82) is 0 Å². The Bertz CT molecular complexity index is 548. The maximum absolute atomic E-state index is 4.37. The Labute approximate surface area is 130 Å². The molecule has 112 valence electrons. The van der Waals surface area contributed by atoms with Crippen LogP contribution in [0.1, 0.15) is 30.3 Å². The average molecular weight is 302 g/mol. The van der Waals surface area contributed by atoms with Gasteiger partial charge in [-0.2, -0.15) is 5.10 Å². The second-order valence-electron chi connectivity index (χ2n) is 5.78. The predicted octanol–water partition coefficient (Wildman–Crippen LogP) is 2.86. The van der Waals surface area contributed by atoms with Crippen molar-refractivity contribution in [2.75, 3.05) is 11.9 Å². The molecule has 0 radical (unpaired) electrons. The molecule has 0 aliphatic heterocycles. The molecule has 1 N–H and O–H groups in total. The Kier molecular flexibility index (Phi) is 4.51. The molecule has 2 aromatic heterocycles. The van der Waals surface area contributed by atoms with Crippen LogP contribution in [-0.4, -0.2) is 29.3 Å². The molecular weight excluding hydrogens is 280 g/mol. The first kappa shape index (κ1) is 14.5. The Morgan fingerprint density at radius 2 is 2.19 bits per heavy atom. The van der Waals surface area contributed by atoms with E-state index in [1.165, 1.54) is 17.7 Å². The molecule has 0 aromatic carbocycles. The Morgan fingerprint density at radius 1 is 1.33 bits per heavy atom. The molecule has 1 saturated carbocycles. The van der Waals surface area contributed by atoms with Crippen LogP contribution >= 0.6 is 11.3 Å². The minimum Gasteiger partial charge on any atom is -0.355 e. The third-order valence-electron chi connectivity index (χ3n) is 3.95. The second-order valence-corrected chi connectivity index (χ2v) is 6.81. The number of likely N-dealkylation sites (N-methyl/N-ethyl adjacent to an activating group) is 1. The third kappa shape index (κ3) is 4.02. The highest BCUT2D eigenvalue weighted by Gasteiger charge is 2.20. The summed E-state index contributed by atoms with van der Waals surface area (Å²) in [4.78, 5) is 3.61. The van der Waals surface area contributed by atoms with Crippen molar-refractivity contribution in [1.82, 2.24) is 15.5 Å². The lowest BCUT2D eigenvalue weighted by atomic mass is 10.2. The molecule has 1 fully saturated rings. The minimum atomic E-state index is 0.411. The van der Waals surface area contributed by atoms with Gasteiger partial charge in [-0.05, 0) is 43.3 Å². The van der Waals surface area contributed by atoms with Crippen molar-refractivity contribution in [2.45, 2.75) is 44.8 Å². The van der Waals surface area contributed by atoms with Crippen molar-refractivity contribution in [3.63, 3.8) is 0 Å². The van der Waals surface area contributed by atoms with Gasteiger partial charge in [0.1, 0.15) is 0 Å². The van der Waals surface area contributed by atoms with E-state index < -0.39 is 0 Å². The van der Waals surface area contributed by atoms with E-state index in [-0.39, 0.29) is 0 Å². The number of nitrogens with one attached hydrogen (secondary N) is 1. The zero-order valence-electron chi connectivity index (χ0n) is 12.6. The highest BCUT2D eigenvalue weighted by molar-refractivity contribution is 7.09. The first-order chi connectivity index (χ1) is 10.2. The number of rotatable bonds is 7. The molecule has 0 spiro atoms. The topological polar surface area (TPSA) is 41.0 Å². The molecular formula is C16H22N4S. The van der Waals surface area contributed by atoms with Crippen molar-refractivity contribution >= 4 is 17.2 Å². The fraction of sp³-hybridized carbons (Fsp3) is 0.500. The molecule has 1 atom stereocenters. The summed E-state index contributed by atoms with van der Waals surface area (Å²) in [5.41, 5.74) is 1.02. The monoisotopic (exact) mass is 302 g/mol. The van der Waals surface area contributed by atoms with Crippen molar-refractivity contribution in [3.05, 3.63) is 40.2 Å². The van der Waals surface area contributed by atoms with E-state index in [4.69, 9.17) is 0 Å². The molecule has 1 aliphatic rings. The lowest BCUT2D eigenvalue weighted by Crippen LogP contribution is -2.31. The van der Waals surface area contributed by atoms with Gasteiger partial charge in [-0.25, -0.2) is 0 Å². The first-order valence-corrected chi connectivity index (χ1v) is 8.41. The van der Waals surface area contributed by atoms with E-state index >= 15 is 0 Å². The normalized spacial score (nSPS) is 15.9. The maximum atomic E-state index is 4.37. The Morgan fingerprint density at radius 3 is 2.81 bits per heavy atom. The van der Waals surface area contributed by atoms with Gasteiger partial charge in [0.25, 0.3) is 0 Å². The van der Waals surface area contributed by atoms with E-state index in [2.05, 4.69) is 64.0 Å². The Balaban J connectivity index is 1.56. The summed E-state index contributed by atoms with van der Waals surface area (Å²) in [5, 5.41) is 14.3. The number of nitrogens with zero attached hydrogens (tertiary/aromatic N) is 3. The number of thiophene rings is 1. The molecule has 5 heteroatoms. The van der Waals surface area contributed by atoms with Crippen molar-refractivity contribution in [2.24, 2.45) is 0 Å².